The molecular formula is C11H15N5. The molecule has 1 aliphatic carbocycles. The van der Waals surface area contributed by atoms with Crippen molar-refractivity contribution in [3.63, 3.8) is 0 Å². The number of nitrogens with zero attached hydrogens (tertiary/aromatic N) is 3. The van der Waals surface area contributed by atoms with Gasteiger partial charge in [0, 0.05) is 18.8 Å². The summed E-state index contributed by atoms with van der Waals surface area (Å²) >= 11 is 0. The lowest BCUT2D eigenvalue weighted by atomic mass is 10.4. The molecule has 0 amide bonds. The summed E-state index contributed by atoms with van der Waals surface area (Å²) in [6.45, 7) is 1.80. The molecule has 0 saturated heterocycles. The number of rotatable bonds is 5. The van der Waals surface area contributed by atoms with Crippen molar-refractivity contribution < 1.29 is 0 Å². The van der Waals surface area contributed by atoms with Gasteiger partial charge in [-0.2, -0.15) is 5.10 Å². The topological polar surface area (TPSA) is 58.5 Å². The van der Waals surface area contributed by atoms with E-state index in [-0.39, 0.29) is 0 Å². The fraction of sp³-hybridized carbons (Fsp3) is 0.455. The van der Waals surface area contributed by atoms with E-state index in [9.17, 15) is 0 Å². The molecule has 1 fully saturated rings. The Morgan fingerprint density at radius 3 is 3.19 bits per heavy atom. The first kappa shape index (κ1) is 9.45. The van der Waals surface area contributed by atoms with Gasteiger partial charge in [-0.15, -0.1) is 0 Å². The lowest BCUT2D eigenvalue weighted by molar-refractivity contribution is 0.567. The van der Waals surface area contributed by atoms with E-state index in [4.69, 9.17) is 0 Å². The quantitative estimate of drug-likeness (QED) is 0.800. The monoisotopic (exact) mass is 217 g/mol. The maximum absolute atomic E-state index is 4.32. The number of aromatic amines is 1. The smallest absolute Gasteiger partial charge is 0.124 e. The summed E-state index contributed by atoms with van der Waals surface area (Å²) in [5.41, 5.74) is 1.08. The summed E-state index contributed by atoms with van der Waals surface area (Å²) in [5.74, 6) is 1.93. The Morgan fingerprint density at radius 2 is 2.44 bits per heavy atom. The van der Waals surface area contributed by atoms with Crippen LogP contribution in [0.2, 0.25) is 0 Å². The van der Waals surface area contributed by atoms with E-state index in [1.807, 2.05) is 23.1 Å². The molecule has 0 unspecified atom stereocenters. The Labute approximate surface area is 93.9 Å². The second kappa shape index (κ2) is 4.00. The maximum Gasteiger partial charge on any atom is 0.124 e. The average Bonchev–Trinajstić information content (AvgIpc) is 2.80. The lowest BCUT2D eigenvalue weighted by Crippen LogP contribution is -2.09. The predicted octanol–water partition coefficient (Wildman–Crippen LogP) is 1.63. The molecule has 0 atom stereocenters. The molecule has 84 valence electrons. The van der Waals surface area contributed by atoms with Crippen LogP contribution in [0.5, 0.6) is 0 Å². The Kier molecular flexibility index (Phi) is 2.36. The molecule has 1 aliphatic rings. The van der Waals surface area contributed by atoms with Crippen molar-refractivity contribution in [2.24, 2.45) is 5.92 Å². The van der Waals surface area contributed by atoms with Crippen molar-refractivity contribution in [1.82, 2.24) is 19.7 Å². The van der Waals surface area contributed by atoms with Crippen molar-refractivity contribution in [3.8, 4) is 0 Å². The van der Waals surface area contributed by atoms with Gasteiger partial charge in [0.05, 0.1) is 24.8 Å². The summed E-state index contributed by atoms with van der Waals surface area (Å²) < 4.78 is 2.05. The lowest BCUT2D eigenvalue weighted by Gasteiger charge is -2.08. The Hall–Kier alpha value is -1.78. The molecule has 5 nitrogen and oxygen atoms in total. The molecule has 0 radical (unpaired) electrons. The van der Waals surface area contributed by atoms with Crippen LogP contribution in [-0.2, 0) is 13.1 Å². The van der Waals surface area contributed by atoms with Crippen molar-refractivity contribution in [1.29, 1.82) is 0 Å². The first-order chi connectivity index (χ1) is 7.92. The van der Waals surface area contributed by atoms with Crippen LogP contribution in [0.25, 0.3) is 0 Å². The molecule has 0 bridgehead atoms. The third-order valence-electron chi connectivity index (χ3n) is 2.86. The van der Waals surface area contributed by atoms with Gasteiger partial charge >= 0.3 is 0 Å². The summed E-state index contributed by atoms with van der Waals surface area (Å²) in [7, 11) is 0. The Balaban J connectivity index is 1.62. The molecule has 1 saturated carbocycles. The first-order valence-electron chi connectivity index (χ1n) is 5.65. The van der Waals surface area contributed by atoms with Gasteiger partial charge in [-0.05, 0) is 18.8 Å². The van der Waals surface area contributed by atoms with Crippen LogP contribution in [0.15, 0.2) is 24.8 Å². The van der Waals surface area contributed by atoms with E-state index in [0.29, 0.717) is 0 Å². The highest BCUT2D eigenvalue weighted by atomic mass is 15.3. The highest BCUT2D eigenvalue weighted by Gasteiger charge is 2.22. The molecule has 2 aromatic rings. The van der Waals surface area contributed by atoms with Crippen LogP contribution < -0.4 is 5.32 Å². The van der Waals surface area contributed by atoms with Crippen molar-refractivity contribution in [2.45, 2.75) is 25.9 Å². The number of anilines is 1. The number of hydrogen-bond donors (Lipinski definition) is 2. The third kappa shape index (κ3) is 2.08. The van der Waals surface area contributed by atoms with E-state index in [0.717, 1.165) is 30.5 Å². The van der Waals surface area contributed by atoms with E-state index >= 15 is 0 Å². The van der Waals surface area contributed by atoms with Crippen molar-refractivity contribution in [3.05, 3.63) is 30.5 Å². The maximum atomic E-state index is 4.32. The SMILES string of the molecule is c1cc(NCc2cnc[nH]2)n(CC2CC2)n1. The zero-order valence-electron chi connectivity index (χ0n) is 9.06. The Morgan fingerprint density at radius 1 is 1.50 bits per heavy atom. The third-order valence-corrected chi connectivity index (χ3v) is 2.86. The van der Waals surface area contributed by atoms with Crippen LogP contribution in [-0.4, -0.2) is 19.7 Å². The summed E-state index contributed by atoms with van der Waals surface area (Å²) in [5, 5.41) is 7.68. The molecule has 0 spiro atoms. The van der Waals surface area contributed by atoms with E-state index < -0.39 is 0 Å². The standard InChI is InChI=1S/C11H15N5/c1-2-9(1)7-16-11(3-4-15-16)13-6-10-5-12-8-14-10/h3-5,8-9,13H,1-2,6-7H2,(H,12,14). The molecule has 2 aromatic heterocycles. The van der Waals surface area contributed by atoms with Crippen LogP contribution in [0.3, 0.4) is 0 Å². The van der Waals surface area contributed by atoms with Crippen LogP contribution in [0.1, 0.15) is 18.5 Å². The molecule has 3 rings (SSSR count). The van der Waals surface area contributed by atoms with Crippen LogP contribution in [0, 0.1) is 5.92 Å². The zero-order chi connectivity index (χ0) is 10.8. The second-order valence-corrected chi connectivity index (χ2v) is 4.27. The van der Waals surface area contributed by atoms with Gasteiger partial charge in [0.15, 0.2) is 0 Å². The average molecular weight is 217 g/mol. The number of imidazole rings is 1. The highest BCUT2D eigenvalue weighted by Crippen LogP contribution is 2.31. The minimum atomic E-state index is 0.760. The van der Waals surface area contributed by atoms with Gasteiger partial charge in [-0.1, -0.05) is 0 Å². The largest absolute Gasteiger partial charge is 0.365 e. The molecule has 2 heterocycles. The Bertz CT molecular complexity index is 441. The molecule has 0 aliphatic heterocycles. The zero-order valence-corrected chi connectivity index (χ0v) is 9.06. The van der Waals surface area contributed by atoms with E-state index in [1.165, 1.54) is 12.8 Å². The highest BCUT2D eigenvalue weighted by molar-refractivity contribution is 5.34. The molecular weight excluding hydrogens is 202 g/mol. The van der Waals surface area contributed by atoms with Gasteiger partial charge in [0.1, 0.15) is 5.82 Å². The number of nitrogens with one attached hydrogen (secondary N) is 2. The van der Waals surface area contributed by atoms with E-state index in [1.54, 1.807) is 6.33 Å². The predicted molar refractivity (Wildman–Crippen MR) is 60.9 cm³/mol. The number of H-pyrrole nitrogens is 1. The van der Waals surface area contributed by atoms with Gasteiger partial charge in [0.2, 0.25) is 0 Å². The van der Waals surface area contributed by atoms with Gasteiger partial charge in [-0.3, -0.25) is 0 Å². The molecule has 5 heteroatoms. The van der Waals surface area contributed by atoms with Crippen LogP contribution >= 0.6 is 0 Å². The van der Waals surface area contributed by atoms with E-state index in [2.05, 4.69) is 20.4 Å². The minimum absolute atomic E-state index is 0.760. The van der Waals surface area contributed by atoms with Crippen molar-refractivity contribution >= 4 is 5.82 Å². The molecule has 16 heavy (non-hydrogen) atoms. The fourth-order valence-electron chi connectivity index (χ4n) is 1.74. The van der Waals surface area contributed by atoms with Crippen molar-refractivity contribution in [2.75, 3.05) is 5.32 Å². The number of aromatic nitrogens is 4. The summed E-state index contributed by atoms with van der Waals surface area (Å²) in [4.78, 5) is 7.05. The second-order valence-electron chi connectivity index (χ2n) is 4.27. The fourth-order valence-corrected chi connectivity index (χ4v) is 1.74. The van der Waals surface area contributed by atoms with Gasteiger partial charge < -0.3 is 10.3 Å². The molecule has 0 aromatic carbocycles. The summed E-state index contributed by atoms with van der Waals surface area (Å²) in [6, 6.07) is 2.01. The summed E-state index contributed by atoms with van der Waals surface area (Å²) in [6.07, 6.45) is 8.06. The van der Waals surface area contributed by atoms with Gasteiger partial charge in [0.25, 0.3) is 0 Å². The minimum Gasteiger partial charge on any atom is -0.365 e. The van der Waals surface area contributed by atoms with Crippen LogP contribution in [0.4, 0.5) is 5.82 Å². The van der Waals surface area contributed by atoms with Gasteiger partial charge in [-0.25, -0.2) is 9.67 Å². The normalized spacial score (nSPS) is 15.2. The number of hydrogen-bond acceptors (Lipinski definition) is 3. The first-order valence-corrected chi connectivity index (χ1v) is 5.65. The molecule has 2 N–H and O–H groups in total.